The van der Waals surface area contributed by atoms with Crippen LogP contribution in [-0.4, -0.2) is 41.1 Å². The third-order valence-corrected chi connectivity index (χ3v) is 3.66. The second-order valence-corrected chi connectivity index (χ2v) is 5.48. The number of carbonyl (C=O) groups excluding carboxylic acids is 1. The fraction of sp³-hybridized carbons (Fsp3) is 0.333. The van der Waals surface area contributed by atoms with Gasteiger partial charge in [0.15, 0.2) is 18.1 Å². The third-order valence-electron chi connectivity index (χ3n) is 3.66. The molecule has 0 saturated heterocycles. The Balaban J connectivity index is 1.98. The second-order valence-electron chi connectivity index (χ2n) is 5.48. The first kappa shape index (κ1) is 19.4. The normalized spacial score (nSPS) is 11.2. The predicted molar refractivity (Wildman–Crippen MR) is 93.2 cm³/mol. The quantitative estimate of drug-likeness (QED) is 0.720. The van der Waals surface area contributed by atoms with Crippen molar-refractivity contribution >= 4 is 12.0 Å². The molecule has 0 atom stereocenters. The maximum atomic E-state index is 12.8. The molecular formula is C18H21F2N3O3. The molecule has 0 N–H and O–H groups in total. The molecule has 0 bridgehead atoms. The van der Waals surface area contributed by atoms with E-state index < -0.39 is 6.55 Å². The largest absolute Gasteiger partial charge is 0.493 e. The molecule has 1 aromatic carbocycles. The van der Waals surface area contributed by atoms with Crippen molar-refractivity contribution < 1.29 is 23.0 Å². The van der Waals surface area contributed by atoms with Crippen molar-refractivity contribution in [2.24, 2.45) is 0 Å². The summed E-state index contributed by atoms with van der Waals surface area (Å²) in [5.41, 5.74) is 0.943. The Bertz CT molecular complexity index is 775. The van der Waals surface area contributed by atoms with Crippen LogP contribution in [0.15, 0.2) is 36.7 Å². The molecule has 8 heteroatoms. The highest BCUT2D eigenvalue weighted by atomic mass is 19.3. The molecule has 0 saturated carbocycles. The van der Waals surface area contributed by atoms with Crippen LogP contribution in [0.4, 0.5) is 8.78 Å². The van der Waals surface area contributed by atoms with Gasteiger partial charge in [-0.3, -0.25) is 9.36 Å². The lowest BCUT2D eigenvalue weighted by atomic mass is 10.2. The molecule has 0 aliphatic rings. The smallest absolute Gasteiger partial charge is 0.319 e. The zero-order valence-corrected chi connectivity index (χ0v) is 14.9. The molecule has 0 radical (unpaired) electrons. The van der Waals surface area contributed by atoms with E-state index in [-0.39, 0.29) is 24.9 Å². The van der Waals surface area contributed by atoms with Crippen LogP contribution in [0.1, 0.15) is 24.9 Å². The van der Waals surface area contributed by atoms with Gasteiger partial charge in [-0.2, -0.15) is 8.78 Å². The van der Waals surface area contributed by atoms with Gasteiger partial charge in [0.25, 0.3) is 5.91 Å². The van der Waals surface area contributed by atoms with Crippen LogP contribution >= 0.6 is 0 Å². The molecule has 1 amide bonds. The standard InChI is InChI=1S/C18H21F2N3O3/c1-4-5-13-6-7-14(15(10-13)25-3)26-12-17(24)22(2)11-16-21-8-9-23(16)18(19)20/h4-10,18H,11-12H2,1-3H3/b5-4+. The number of likely N-dealkylation sites (N-methyl/N-ethyl adjacent to an activating group) is 1. The Morgan fingerprint density at radius 3 is 2.81 bits per heavy atom. The molecule has 0 aliphatic carbocycles. The van der Waals surface area contributed by atoms with Crippen molar-refractivity contribution in [3.8, 4) is 11.5 Å². The van der Waals surface area contributed by atoms with Gasteiger partial charge in [-0.05, 0) is 24.6 Å². The lowest BCUT2D eigenvalue weighted by Crippen LogP contribution is -2.32. The Kier molecular flexibility index (Phi) is 6.71. The van der Waals surface area contributed by atoms with E-state index >= 15 is 0 Å². The number of allylic oxidation sites excluding steroid dienone is 1. The number of ether oxygens (including phenoxy) is 2. The molecule has 1 aromatic heterocycles. The highest BCUT2D eigenvalue weighted by Crippen LogP contribution is 2.28. The molecular weight excluding hydrogens is 344 g/mol. The van der Waals surface area contributed by atoms with Gasteiger partial charge in [-0.25, -0.2) is 4.98 Å². The Labute approximate surface area is 150 Å². The topological polar surface area (TPSA) is 56.6 Å². The fourth-order valence-corrected chi connectivity index (χ4v) is 2.29. The van der Waals surface area contributed by atoms with Crippen molar-refractivity contribution in [3.63, 3.8) is 0 Å². The molecule has 1 heterocycles. The van der Waals surface area contributed by atoms with Gasteiger partial charge in [0.1, 0.15) is 5.82 Å². The first-order chi connectivity index (χ1) is 12.5. The van der Waals surface area contributed by atoms with Crippen LogP contribution in [0.25, 0.3) is 6.08 Å². The van der Waals surface area contributed by atoms with E-state index in [9.17, 15) is 13.6 Å². The van der Waals surface area contributed by atoms with Crippen LogP contribution in [-0.2, 0) is 11.3 Å². The van der Waals surface area contributed by atoms with E-state index in [4.69, 9.17) is 9.47 Å². The van der Waals surface area contributed by atoms with Crippen LogP contribution in [0.2, 0.25) is 0 Å². The van der Waals surface area contributed by atoms with E-state index in [1.165, 1.54) is 31.5 Å². The number of amides is 1. The number of benzene rings is 1. The number of nitrogens with zero attached hydrogens (tertiary/aromatic N) is 3. The number of imidazole rings is 1. The number of methoxy groups -OCH3 is 1. The van der Waals surface area contributed by atoms with Gasteiger partial charge in [-0.1, -0.05) is 18.2 Å². The van der Waals surface area contributed by atoms with Gasteiger partial charge < -0.3 is 14.4 Å². The Hall–Kier alpha value is -2.90. The van der Waals surface area contributed by atoms with Crippen molar-refractivity contribution in [2.75, 3.05) is 20.8 Å². The third kappa shape index (κ3) is 4.81. The number of alkyl halides is 2. The van der Waals surface area contributed by atoms with Crippen LogP contribution in [0.5, 0.6) is 11.5 Å². The number of rotatable bonds is 8. The Morgan fingerprint density at radius 1 is 1.38 bits per heavy atom. The van der Waals surface area contributed by atoms with Crippen molar-refractivity contribution in [3.05, 3.63) is 48.1 Å². The average Bonchev–Trinajstić information content (AvgIpc) is 3.08. The van der Waals surface area contributed by atoms with Gasteiger partial charge >= 0.3 is 6.55 Å². The summed E-state index contributed by atoms with van der Waals surface area (Å²) in [6, 6.07) is 5.35. The van der Waals surface area contributed by atoms with Crippen molar-refractivity contribution in [1.82, 2.24) is 14.5 Å². The minimum absolute atomic E-state index is 0.0447. The Morgan fingerprint density at radius 2 is 2.15 bits per heavy atom. The van der Waals surface area contributed by atoms with Crippen molar-refractivity contribution in [1.29, 1.82) is 0 Å². The molecule has 6 nitrogen and oxygen atoms in total. The summed E-state index contributed by atoms with van der Waals surface area (Å²) in [6.07, 6.45) is 6.26. The molecule has 0 fully saturated rings. The number of carbonyl (C=O) groups is 1. The minimum Gasteiger partial charge on any atom is -0.493 e. The lowest BCUT2D eigenvalue weighted by Gasteiger charge is -2.18. The number of halogens is 2. The molecule has 140 valence electrons. The molecule has 2 aromatic rings. The highest BCUT2D eigenvalue weighted by Gasteiger charge is 2.17. The summed E-state index contributed by atoms with van der Waals surface area (Å²) in [4.78, 5) is 17.4. The summed E-state index contributed by atoms with van der Waals surface area (Å²) in [5, 5.41) is 0. The van der Waals surface area contributed by atoms with E-state index in [2.05, 4.69) is 4.98 Å². The van der Waals surface area contributed by atoms with E-state index in [1.54, 1.807) is 12.1 Å². The monoisotopic (exact) mass is 365 g/mol. The number of hydrogen-bond donors (Lipinski definition) is 0. The summed E-state index contributed by atoms with van der Waals surface area (Å²) in [5.74, 6) is 0.665. The fourth-order valence-electron chi connectivity index (χ4n) is 2.29. The summed E-state index contributed by atoms with van der Waals surface area (Å²) < 4.78 is 37.2. The molecule has 0 unspecified atom stereocenters. The van der Waals surface area contributed by atoms with Crippen LogP contribution in [0.3, 0.4) is 0 Å². The van der Waals surface area contributed by atoms with Gasteiger partial charge in [0, 0.05) is 19.4 Å². The number of aromatic nitrogens is 2. The molecule has 0 spiro atoms. The van der Waals surface area contributed by atoms with Gasteiger partial charge in [0.05, 0.1) is 13.7 Å². The van der Waals surface area contributed by atoms with Crippen LogP contribution in [0, 0.1) is 0 Å². The van der Waals surface area contributed by atoms with Gasteiger partial charge in [-0.15, -0.1) is 0 Å². The second kappa shape index (κ2) is 8.98. The van der Waals surface area contributed by atoms with E-state index in [0.29, 0.717) is 16.1 Å². The van der Waals surface area contributed by atoms with Crippen LogP contribution < -0.4 is 9.47 Å². The van der Waals surface area contributed by atoms with Crippen molar-refractivity contribution in [2.45, 2.75) is 20.0 Å². The van der Waals surface area contributed by atoms with Gasteiger partial charge in [0.2, 0.25) is 0 Å². The molecule has 26 heavy (non-hydrogen) atoms. The first-order valence-electron chi connectivity index (χ1n) is 7.93. The SMILES string of the molecule is C/C=C/c1ccc(OCC(=O)N(C)Cc2nccn2C(F)F)c(OC)c1. The number of hydrogen-bond acceptors (Lipinski definition) is 4. The predicted octanol–water partition coefficient (Wildman–Crippen LogP) is 3.36. The molecule has 2 rings (SSSR count). The lowest BCUT2D eigenvalue weighted by molar-refractivity contribution is -0.132. The average molecular weight is 365 g/mol. The summed E-state index contributed by atoms with van der Waals surface area (Å²) in [6.45, 7) is -1.08. The first-order valence-corrected chi connectivity index (χ1v) is 7.93. The zero-order valence-electron chi connectivity index (χ0n) is 14.9. The molecule has 0 aliphatic heterocycles. The minimum atomic E-state index is -2.70. The maximum absolute atomic E-state index is 12.8. The van der Waals surface area contributed by atoms with E-state index in [1.807, 2.05) is 25.1 Å². The summed E-state index contributed by atoms with van der Waals surface area (Å²) >= 11 is 0. The van der Waals surface area contributed by atoms with E-state index in [0.717, 1.165) is 5.56 Å². The zero-order chi connectivity index (χ0) is 19.1. The maximum Gasteiger partial charge on any atom is 0.319 e. The highest BCUT2D eigenvalue weighted by molar-refractivity contribution is 5.77. The summed E-state index contributed by atoms with van der Waals surface area (Å²) in [7, 11) is 3.02.